The molecule has 0 aliphatic heterocycles. The molecule has 1 atom stereocenters. The predicted octanol–water partition coefficient (Wildman–Crippen LogP) is 3.84. The Labute approximate surface area is 159 Å². The second kappa shape index (κ2) is 9.46. The van der Waals surface area contributed by atoms with Crippen LogP contribution in [-0.2, 0) is 9.59 Å². The van der Waals surface area contributed by atoms with Crippen molar-refractivity contribution in [3.8, 4) is 11.3 Å². The lowest BCUT2D eigenvalue weighted by molar-refractivity contribution is -0.134. The first-order valence-corrected chi connectivity index (χ1v) is 8.74. The third-order valence-electron chi connectivity index (χ3n) is 3.43. The minimum atomic E-state index is -1.26. The number of hydrogen-bond donors (Lipinski definition) is 3. The molecule has 0 aliphatic carbocycles. The van der Waals surface area contributed by atoms with Gasteiger partial charge in [-0.15, -0.1) is 17.9 Å². The van der Waals surface area contributed by atoms with Crippen molar-refractivity contribution in [2.45, 2.75) is 12.5 Å². The third kappa shape index (κ3) is 5.63. The number of aromatic nitrogens is 1. The van der Waals surface area contributed by atoms with Gasteiger partial charge in [-0.05, 0) is 24.6 Å². The zero-order valence-corrected chi connectivity index (χ0v) is 15.1. The fourth-order valence-electron chi connectivity index (χ4n) is 2.20. The maximum absolute atomic E-state index is 9.55. The highest BCUT2D eigenvalue weighted by molar-refractivity contribution is 7.10. The van der Waals surface area contributed by atoms with Crippen LogP contribution in [0, 0.1) is 0 Å². The number of aliphatic carboxylic acids is 2. The predicted molar refractivity (Wildman–Crippen MR) is 103 cm³/mol. The summed E-state index contributed by atoms with van der Waals surface area (Å²) < 4.78 is 5.33. The van der Waals surface area contributed by atoms with E-state index in [1.54, 1.807) is 11.3 Å². The fourth-order valence-corrected chi connectivity index (χ4v) is 3.11. The van der Waals surface area contributed by atoms with Crippen molar-refractivity contribution in [3.05, 3.63) is 65.4 Å². The second-order valence-corrected chi connectivity index (χ2v) is 6.35. The van der Waals surface area contributed by atoms with Gasteiger partial charge >= 0.3 is 11.9 Å². The van der Waals surface area contributed by atoms with Crippen LogP contribution in [0.3, 0.4) is 0 Å². The number of carboxylic acid groups (broad SMARTS) is 2. The highest BCUT2D eigenvalue weighted by atomic mass is 32.1. The molecule has 27 heavy (non-hydrogen) atoms. The summed E-state index contributed by atoms with van der Waals surface area (Å²) >= 11 is 1.65. The molecule has 2 aromatic heterocycles. The number of para-hydroxylation sites is 1. The summed E-state index contributed by atoms with van der Waals surface area (Å²) in [6, 6.07) is 9.96. The van der Waals surface area contributed by atoms with E-state index in [9.17, 15) is 9.59 Å². The Bertz CT molecular complexity index is 957. The van der Waals surface area contributed by atoms with Crippen LogP contribution >= 0.6 is 11.3 Å². The van der Waals surface area contributed by atoms with E-state index in [2.05, 4.69) is 23.2 Å². The Balaban J connectivity index is 0.000000279. The summed E-state index contributed by atoms with van der Waals surface area (Å²) in [5, 5.41) is 22.9. The smallest absolute Gasteiger partial charge is 0.328 e. The minimum Gasteiger partial charge on any atom is -0.478 e. The number of nitrogens with zero attached hydrogens (tertiary/aromatic N) is 1. The molecule has 3 rings (SSSR count). The van der Waals surface area contributed by atoms with E-state index in [-0.39, 0.29) is 6.04 Å². The number of carboxylic acids is 2. The van der Waals surface area contributed by atoms with Gasteiger partial charge in [0, 0.05) is 39.4 Å². The lowest BCUT2D eigenvalue weighted by Gasteiger charge is -2.04. The maximum atomic E-state index is 9.55. The maximum Gasteiger partial charge on any atom is 0.328 e. The van der Waals surface area contributed by atoms with E-state index in [0.29, 0.717) is 12.2 Å². The van der Waals surface area contributed by atoms with Crippen molar-refractivity contribution in [2.75, 3.05) is 0 Å². The minimum absolute atomic E-state index is 0.00872. The van der Waals surface area contributed by atoms with Crippen molar-refractivity contribution in [1.29, 1.82) is 0 Å². The molecule has 0 bridgehead atoms. The normalized spacial score (nSPS) is 11.7. The molecule has 1 aromatic carbocycles. The van der Waals surface area contributed by atoms with Gasteiger partial charge in [0.15, 0.2) is 5.58 Å². The average molecular weight is 386 g/mol. The van der Waals surface area contributed by atoms with Crippen LogP contribution in [0.5, 0.6) is 0 Å². The Kier molecular flexibility index (Phi) is 7.04. The van der Waals surface area contributed by atoms with Crippen LogP contribution in [0.2, 0.25) is 0 Å². The molecule has 3 aromatic rings. The molecule has 1 unspecified atom stereocenters. The number of hydrogen-bond acceptors (Lipinski definition) is 6. The van der Waals surface area contributed by atoms with Crippen molar-refractivity contribution >= 4 is 34.2 Å². The Morgan fingerprint density at radius 1 is 1.26 bits per heavy atom. The van der Waals surface area contributed by atoms with Crippen LogP contribution in [0.1, 0.15) is 17.3 Å². The summed E-state index contributed by atoms with van der Waals surface area (Å²) in [6.07, 6.45) is 3.74. The topological polar surface area (TPSA) is 127 Å². The van der Waals surface area contributed by atoms with E-state index in [0.717, 1.165) is 33.5 Å². The summed E-state index contributed by atoms with van der Waals surface area (Å²) in [6.45, 7) is 3.72. The van der Waals surface area contributed by atoms with E-state index >= 15 is 0 Å². The monoisotopic (exact) mass is 386 g/mol. The van der Waals surface area contributed by atoms with Gasteiger partial charge in [-0.25, -0.2) is 9.59 Å². The van der Waals surface area contributed by atoms with Crippen LogP contribution in [-0.4, -0.2) is 27.3 Å². The largest absolute Gasteiger partial charge is 0.478 e. The molecular weight excluding hydrogens is 368 g/mol. The summed E-state index contributed by atoms with van der Waals surface area (Å²) in [7, 11) is 0. The van der Waals surface area contributed by atoms with Gasteiger partial charge in [0.05, 0.1) is 0 Å². The molecule has 140 valence electrons. The molecule has 0 spiro atoms. The zero-order valence-electron chi connectivity index (χ0n) is 14.2. The molecule has 8 heteroatoms. The fraction of sp³-hybridized carbons (Fsp3) is 0.105. The SMILES string of the molecule is C=CCC(N)c1cc(-c2noc3ccccc23)cs1.O=C(O)/C=C/C(=O)O. The number of carbonyl (C=O) groups is 2. The van der Waals surface area contributed by atoms with Crippen molar-refractivity contribution in [2.24, 2.45) is 5.73 Å². The van der Waals surface area contributed by atoms with Gasteiger partial charge in [-0.1, -0.05) is 23.4 Å². The average Bonchev–Trinajstić information content (AvgIpc) is 3.27. The van der Waals surface area contributed by atoms with Crippen LogP contribution in [0.15, 0.2) is 65.0 Å². The highest BCUT2D eigenvalue weighted by Crippen LogP contribution is 2.33. The first kappa shape index (κ1) is 20.1. The van der Waals surface area contributed by atoms with E-state index in [1.807, 2.05) is 30.3 Å². The Morgan fingerprint density at radius 2 is 1.93 bits per heavy atom. The van der Waals surface area contributed by atoms with E-state index < -0.39 is 11.9 Å². The van der Waals surface area contributed by atoms with Crippen LogP contribution in [0.25, 0.3) is 22.2 Å². The lowest BCUT2D eigenvalue weighted by atomic mass is 10.1. The van der Waals surface area contributed by atoms with Crippen molar-refractivity contribution < 1.29 is 24.3 Å². The second-order valence-electron chi connectivity index (χ2n) is 5.41. The lowest BCUT2D eigenvalue weighted by Crippen LogP contribution is -2.06. The van der Waals surface area contributed by atoms with Crippen molar-refractivity contribution in [3.63, 3.8) is 0 Å². The third-order valence-corrected chi connectivity index (χ3v) is 4.49. The van der Waals surface area contributed by atoms with Gasteiger partial charge in [0.2, 0.25) is 0 Å². The van der Waals surface area contributed by atoms with E-state index in [1.165, 1.54) is 0 Å². The summed E-state index contributed by atoms with van der Waals surface area (Å²) in [5.41, 5.74) is 8.82. The van der Waals surface area contributed by atoms with Gasteiger partial charge < -0.3 is 20.5 Å². The number of rotatable bonds is 6. The number of nitrogens with two attached hydrogens (primary N) is 1. The molecule has 0 saturated carbocycles. The highest BCUT2D eigenvalue weighted by Gasteiger charge is 2.13. The Hall–Kier alpha value is -3.23. The molecule has 7 nitrogen and oxygen atoms in total. The van der Waals surface area contributed by atoms with Gasteiger partial charge in [-0.2, -0.15) is 0 Å². The summed E-state index contributed by atoms with van der Waals surface area (Å²) in [4.78, 5) is 20.2. The summed E-state index contributed by atoms with van der Waals surface area (Å²) in [5.74, 6) is -2.51. The molecule has 0 saturated heterocycles. The molecule has 0 radical (unpaired) electrons. The van der Waals surface area contributed by atoms with Crippen LogP contribution < -0.4 is 5.73 Å². The molecule has 0 amide bonds. The van der Waals surface area contributed by atoms with Crippen LogP contribution in [0.4, 0.5) is 0 Å². The first-order chi connectivity index (χ1) is 12.9. The quantitative estimate of drug-likeness (QED) is 0.434. The van der Waals surface area contributed by atoms with Gasteiger partial charge in [-0.3, -0.25) is 0 Å². The Morgan fingerprint density at radius 3 is 2.56 bits per heavy atom. The standard InChI is InChI=1S/C15H14N2OS.C4H4O4/c1-2-5-12(16)14-8-10(9-19-14)15-11-6-3-4-7-13(11)18-17-15;5-3(6)1-2-4(7)8/h2-4,6-9,12H,1,5,16H2;1-2H,(H,5,6)(H,7,8)/b;2-1+. The van der Waals surface area contributed by atoms with Gasteiger partial charge in [0.25, 0.3) is 0 Å². The van der Waals surface area contributed by atoms with Crippen molar-refractivity contribution in [1.82, 2.24) is 5.16 Å². The zero-order chi connectivity index (χ0) is 19.8. The number of fused-ring (bicyclic) bond motifs is 1. The number of thiophene rings is 1. The molecule has 2 heterocycles. The first-order valence-electron chi connectivity index (χ1n) is 7.86. The molecular formula is C19H18N2O5S. The molecule has 4 N–H and O–H groups in total. The molecule has 0 fully saturated rings. The number of benzene rings is 1. The van der Waals surface area contributed by atoms with E-state index in [4.69, 9.17) is 20.5 Å². The molecule has 0 aliphatic rings. The van der Waals surface area contributed by atoms with Gasteiger partial charge in [0.1, 0.15) is 5.69 Å².